The Hall–Kier alpha value is -1.12. The molecule has 2 aromatic rings. The van der Waals surface area contributed by atoms with Gasteiger partial charge in [0.2, 0.25) is 5.91 Å². The molecule has 0 aliphatic carbocycles. The van der Waals surface area contributed by atoms with E-state index in [0.717, 1.165) is 15.6 Å². The van der Waals surface area contributed by atoms with E-state index in [1.165, 1.54) is 19.2 Å². The molecule has 118 valence electrons. The topological polar surface area (TPSA) is 66.5 Å². The summed E-state index contributed by atoms with van der Waals surface area (Å²) in [6.07, 6.45) is 0. The number of hydrogen-bond donors (Lipinski definition) is 1. The molecule has 2 rings (SSSR count). The van der Waals surface area contributed by atoms with E-state index in [0.29, 0.717) is 10.7 Å². The maximum absolute atomic E-state index is 12.2. The molecule has 1 aromatic carbocycles. The Morgan fingerprint density at radius 3 is 2.64 bits per heavy atom. The zero-order chi connectivity index (χ0) is 16.3. The van der Waals surface area contributed by atoms with Crippen molar-refractivity contribution in [3.05, 3.63) is 45.8 Å². The molecule has 0 unspecified atom stereocenters. The van der Waals surface area contributed by atoms with Gasteiger partial charge in [-0.05, 0) is 29.6 Å². The second-order valence-electron chi connectivity index (χ2n) is 4.37. The predicted molar refractivity (Wildman–Crippen MR) is 89.2 cm³/mol. The Labute approximate surface area is 142 Å². The van der Waals surface area contributed by atoms with Crippen LogP contribution in [0.5, 0.6) is 0 Å². The molecule has 0 saturated heterocycles. The maximum Gasteiger partial charge on any atom is 0.252 e. The highest BCUT2D eigenvalue weighted by Gasteiger charge is 2.24. The molecule has 0 atom stereocenters. The second kappa shape index (κ2) is 6.97. The molecule has 0 aliphatic rings. The minimum atomic E-state index is -3.66. The van der Waals surface area contributed by atoms with Gasteiger partial charge in [0.1, 0.15) is 4.21 Å². The van der Waals surface area contributed by atoms with Gasteiger partial charge in [-0.15, -0.1) is 11.3 Å². The number of benzene rings is 1. The van der Waals surface area contributed by atoms with Gasteiger partial charge >= 0.3 is 0 Å². The van der Waals surface area contributed by atoms with E-state index in [-0.39, 0.29) is 15.8 Å². The quantitative estimate of drug-likeness (QED) is 0.867. The smallest absolute Gasteiger partial charge is 0.252 e. The lowest BCUT2D eigenvalue weighted by Crippen LogP contribution is -2.34. The third-order valence-corrected chi connectivity index (χ3v) is 6.46. The van der Waals surface area contributed by atoms with Gasteiger partial charge in [-0.3, -0.25) is 4.79 Å². The summed E-state index contributed by atoms with van der Waals surface area (Å²) in [5.74, 6) is -0.494. The van der Waals surface area contributed by atoms with E-state index < -0.39 is 15.9 Å². The van der Waals surface area contributed by atoms with Crippen molar-refractivity contribution >= 4 is 56.2 Å². The molecule has 0 radical (unpaired) electrons. The Kier molecular flexibility index (Phi) is 5.46. The summed E-state index contributed by atoms with van der Waals surface area (Å²) in [7, 11) is -2.32. The first-order chi connectivity index (χ1) is 10.3. The normalized spacial score (nSPS) is 11.6. The molecular formula is C13H12Cl2N2O3S2. The van der Waals surface area contributed by atoms with E-state index >= 15 is 0 Å². The van der Waals surface area contributed by atoms with E-state index in [2.05, 4.69) is 5.32 Å². The van der Waals surface area contributed by atoms with Crippen LogP contribution in [-0.4, -0.2) is 32.2 Å². The first kappa shape index (κ1) is 17.2. The van der Waals surface area contributed by atoms with E-state index in [4.69, 9.17) is 23.2 Å². The van der Waals surface area contributed by atoms with Gasteiger partial charge in [-0.1, -0.05) is 29.3 Å². The van der Waals surface area contributed by atoms with Crippen LogP contribution in [0.1, 0.15) is 0 Å². The van der Waals surface area contributed by atoms with Crippen LogP contribution in [0.25, 0.3) is 0 Å². The molecule has 0 saturated carbocycles. The van der Waals surface area contributed by atoms with Crippen molar-refractivity contribution in [2.45, 2.75) is 4.21 Å². The monoisotopic (exact) mass is 378 g/mol. The van der Waals surface area contributed by atoms with Gasteiger partial charge in [0.05, 0.1) is 17.3 Å². The summed E-state index contributed by atoms with van der Waals surface area (Å²) in [5.41, 5.74) is 0.373. The maximum atomic E-state index is 12.2. The molecular weight excluding hydrogens is 367 g/mol. The summed E-state index contributed by atoms with van der Waals surface area (Å²) in [5, 5.41) is 4.94. The van der Waals surface area contributed by atoms with Crippen LogP contribution in [0, 0.1) is 0 Å². The number of nitrogens with zero attached hydrogens (tertiary/aromatic N) is 1. The van der Waals surface area contributed by atoms with Crippen LogP contribution in [0.2, 0.25) is 10.0 Å². The van der Waals surface area contributed by atoms with Gasteiger partial charge in [-0.25, -0.2) is 8.42 Å². The fourth-order valence-electron chi connectivity index (χ4n) is 1.63. The molecule has 0 aliphatic heterocycles. The summed E-state index contributed by atoms with van der Waals surface area (Å²) in [6.45, 7) is -0.320. The minimum Gasteiger partial charge on any atom is -0.324 e. The Bertz CT molecular complexity index is 777. The molecule has 22 heavy (non-hydrogen) atoms. The zero-order valence-electron chi connectivity index (χ0n) is 11.4. The van der Waals surface area contributed by atoms with Gasteiger partial charge in [0.15, 0.2) is 0 Å². The number of thiophene rings is 1. The van der Waals surface area contributed by atoms with Crippen molar-refractivity contribution in [1.29, 1.82) is 0 Å². The number of nitrogens with one attached hydrogen (secondary N) is 1. The van der Waals surface area contributed by atoms with Crippen molar-refractivity contribution in [2.24, 2.45) is 0 Å². The Balaban J connectivity index is 2.06. The average Bonchev–Trinajstić information content (AvgIpc) is 2.96. The lowest BCUT2D eigenvalue weighted by atomic mass is 10.3. The number of anilines is 1. The first-order valence-corrected chi connectivity index (χ1v) is 9.13. The van der Waals surface area contributed by atoms with Gasteiger partial charge in [0.25, 0.3) is 10.0 Å². The Morgan fingerprint density at radius 1 is 1.32 bits per heavy atom. The largest absolute Gasteiger partial charge is 0.324 e. The van der Waals surface area contributed by atoms with Gasteiger partial charge in [-0.2, -0.15) is 4.31 Å². The Morgan fingerprint density at radius 2 is 2.05 bits per heavy atom. The molecule has 0 fully saturated rings. The van der Waals surface area contributed by atoms with Crippen LogP contribution in [0.15, 0.2) is 39.9 Å². The number of rotatable bonds is 5. The molecule has 5 nitrogen and oxygen atoms in total. The van der Waals surface area contributed by atoms with Crippen LogP contribution < -0.4 is 5.32 Å². The van der Waals surface area contributed by atoms with Crippen molar-refractivity contribution in [2.75, 3.05) is 18.9 Å². The van der Waals surface area contributed by atoms with Crippen LogP contribution in [0.3, 0.4) is 0 Å². The standard InChI is InChI=1S/C13H12Cl2N2O3S2/c1-17(22(19,20)13-3-2-6-21-13)8-12(18)16-11-5-4-9(14)7-10(11)15/h2-7H,8H2,1H3,(H,16,18). The fourth-order valence-corrected chi connectivity index (χ4v) is 4.42. The predicted octanol–water partition coefficient (Wildman–Crippen LogP) is 3.31. The molecule has 1 N–H and O–H groups in total. The number of carbonyl (C=O) groups excluding carboxylic acids is 1. The van der Waals surface area contributed by atoms with Crippen molar-refractivity contribution in [3.8, 4) is 0 Å². The number of likely N-dealkylation sites (N-methyl/N-ethyl adjacent to an activating group) is 1. The zero-order valence-corrected chi connectivity index (χ0v) is 14.6. The number of halogens is 2. The lowest BCUT2D eigenvalue weighted by molar-refractivity contribution is -0.116. The highest BCUT2D eigenvalue weighted by Crippen LogP contribution is 2.25. The fraction of sp³-hybridized carbons (Fsp3) is 0.154. The molecule has 1 heterocycles. The number of amides is 1. The second-order valence-corrected chi connectivity index (χ2v) is 8.43. The number of carbonyl (C=O) groups is 1. The van der Waals surface area contributed by atoms with Crippen molar-refractivity contribution in [1.82, 2.24) is 4.31 Å². The van der Waals surface area contributed by atoms with Crippen molar-refractivity contribution in [3.63, 3.8) is 0 Å². The highest BCUT2D eigenvalue weighted by atomic mass is 35.5. The molecule has 1 amide bonds. The highest BCUT2D eigenvalue weighted by molar-refractivity contribution is 7.91. The van der Waals surface area contributed by atoms with Crippen LogP contribution in [0.4, 0.5) is 5.69 Å². The number of hydrogen-bond acceptors (Lipinski definition) is 4. The van der Waals surface area contributed by atoms with E-state index in [9.17, 15) is 13.2 Å². The van der Waals surface area contributed by atoms with Gasteiger partial charge in [0, 0.05) is 12.1 Å². The van der Waals surface area contributed by atoms with Crippen LogP contribution in [-0.2, 0) is 14.8 Å². The number of sulfonamides is 1. The first-order valence-electron chi connectivity index (χ1n) is 6.05. The summed E-state index contributed by atoms with van der Waals surface area (Å²) in [6, 6.07) is 7.75. The third-order valence-electron chi connectivity index (χ3n) is 2.73. The SMILES string of the molecule is CN(CC(=O)Nc1ccc(Cl)cc1Cl)S(=O)(=O)c1cccs1. The lowest BCUT2D eigenvalue weighted by Gasteiger charge is -2.16. The van der Waals surface area contributed by atoms with Crippen LogP contribution >= 0.6 is 34.5 Å². The third kappa shape index (κ3) is 3.99. The van der Waals surface area contributed by atoms with E-state index in [1.54, 1.807) is 23.6 Å². The molecule has 9 heteroatoms. The molecule has 0 spiro atoms. The molecule has 1 aromatic heterocycles. The summed E-state index contributed by atoms with van der Waals surface area (Å²) in [4.78, 5) is 12.0. The summed E-state index contributed by atoms with van der Waals surface area (Å²) >= 11 is 12.8. The molecule has 0 bridgehead atoms. The minimum absolute atomic E-state index is 0.187. The summed E-state index contributed by atoms with van der Waals surface area (Å²) < 4.78 is 25.6. The average molecular weight is 379 g/mol. The van der Waals surface area contributed by atoms with Gasteiger partial charge < -0.3 is 5.32 Å². The van der Waals surface area contributed by atoms with Crippen molar-refractivity contribution < 1.29 is 13.2 Å². The van der Waals surface area contributed by atoms with E-state index in [1.807, 2.05) is 0 Å².